The molecule has 7 nitrogen and oxygen atoms in total. The van der Waals surface area contributed by atoms with Crippen molar-refractivity contribution in [3.8, 4) is 0 Å². The average molecular weight is 416 g/mol. The molecule has 1 saturated heterocycles. The van der Waals surface area contributed by atoms with Gasteiger partial charge in [0.2, 0.25) is 5.91 Å². The van der Waals surface area contributed by atoms with E-state index in [9.17, 15) is 14.4 Å². The van der Waals surface area contributed by atoms with Gasteiger partial charge in [0.15, 0.2) is 9.76 Å². The van der Waals surface area contributed by atoms with Crippen LogP contribution in [0.1, 0.15) is 68.7 Å². The molecule has 2 atom stereocenters. The number of amides is 2. The second-order valence-electron chi connectivity index (χ2n) is 10.1. The molecule has 0 saturated carbocycles. The molecule has 1 heterocycles. The normalized spacial score (nSPS) is 21.9. The highest BCUT2D eigenvalue weighted by molar-refractivity contribution is 6.31. The minimum Gasteiger partial charge on any atom is -0.465 e. The van der Waals surface area contributed by atoms with Crippen LogP contribution in [0.5, 0.6) is 0 Å². The predicted molar refractivity (Wildman–Crippen MR) is 110 cm³/mol. The van der Waals surface area contributed by atoms with Crippen molar-refractivity contribution in [2.75, 3.05) is 13.2 Å². The first-order valence-electron chi connectivity index (χ1n) is 9.92. The smallest absolute Gasteiger partial charge is 0.417 e. The number of carbonyl (C=O) groups is 3. The first-order chi connectivity index (χ1) is 12.6. The Balaban J connectivity index is 3.12. The van der Waals surface area contributed by atoms with Crippen molar-refractivity contribution in [2.24, 2.45) is 11.8 Å². The molecule has 1 aliphatic rings. The van der Waals surface area contributed by atoms with Gasteiger partial charge in [-0.2, -0.15) is 0 Å². The molecule has 0 radical (unpaired) electrons. The van der Waals surface area contributed by atoms with E-state index < -0.39 is 44.9 Å². The Morgan fingerprint density at radius 3 is 2.14 bits per heavy atom. The van der Waals surface area contributed by atoms with E-state index in [2.05, 4.69) is 20.8 Å². The van der Waals surface area contributed by atoms with E-state index >= 15 is 0 Å². The lowest BCUT2D eigenvalue weighted by Crippen LogP contribution is -2.56. The first-order valence-corrected chi connectivity index (χ1v) is 11.2. The zero-order valence-electron chi connectivity index (χ0n) is 18.9. The van der Waals surface area contributed by atoms with Gasteiger partial charge in [-0.3, -0.25) is 9.59 Å². The van der Waals surface area contributed by atoms with Gasteiger partial charge in [0.1, 0.15) is 11.5 Å². The fraction of sp³-hybridized carbons (Fsp3) is 0.850. The summed E-state index contributed by atoms with van der Waals surface area (Å²) in [7, 11) is -0.858. The van der Waals surface area contributed by atoms with E-state index in [1.165, 1.54) is 0 Å². The van der Waals surface area contributed by atoms with Crippen LogP contribution in [0.15, 0.2) is 0 Å². The molecule has 0 spiro atoms. The Morgan fingerprint density at radius 2 is 1.68 bits per heavy atom. The standard InChI is InChI=1S/C20H37NO6Si/c1-10-25-16(23)14-11-13(20(8,9)27-28-19(5,6)7)12-21(15(14)22)17(24)26-18(2,3)4/h13-14H,10-12,28H2,1-9H3. The summed E-state index contributed by atoms with van der Waals surface area (Å²) in [5.74, 6) is -2.38. The van der Waals surface area contributed by atoms with Gasteiger partial charge in [0.25, 0.3) is 0 Å². The summed E-state index contributed by atoms with van der Waals surface area (Å²) in [6.07, 6.45) is -0.442. The van der Waals surface area contributed by atoms with Crippen LogP contribution in [0.25, 0.3) is 0 Å². The van der Waals surface area contributed by atoms with Crippen molar-refractivity contribution >= 4 is 27.7 Å². The summed E-state index contributed by atoms with van der Waals surface area (Å²) in [6.45, 7) is 17.6. The Labute approximate surface area is 171 Å². The van der Waals surface area contributed by atoms with E-state index in [-0.39, 0.29) is 24.1 Å². The molecule has 28 heavy (non-hydrogen) atoms. The molecule has 2 unspecified atom stereocenters. The fourth-order valence-electron chi connectivity index (χ4n) is 2.90. The van der Waals surface area contributed by atoms with Crippen LogP contribution >= 0.6 is 0 Å². The second-order valence-corrected chi connectivity index (χ2v) is 12.8. The van der Waals surface area contributed by atoms with Gasteiger partial charge in [0, 0.05) is 12.5 Å². The van der Waals surface area contributed by atoms with Crippen molar-refractivity contribution in [3.63, 3.8) is 0 Å². The largest absolute Gasteiger partial charge is 0.465 e. The van der Waals surface area contributed by atoms with Crippen LogP contribution in [0.2, 0.25) is 5.04 Å². The van der Waals surface area contributed by atoms with Crippen LogP contribution in [0.4, 0.5) is 4.79 Å². The summed E-state index contributed by atoms with van der Waals surface area (Å²) in [6, 6.07) is 0. The highest BCUT2D eigenvalue weighted by Gasteiger charge is 2.48. The van der Waals surface area contributed by atoms with Gasteiger partial charge in [-0.25, -0.2) is 9.69 Å². The summed E-state index contributed by atoms with van der Waals surface area (Å²) < 4.78 is 16.8. The topological polar surface area (TPSA) is 82.1 Å². The van der Waals surface area contributed by atoms with E-state index in [0.29, 0.717) is 6.42 Å². The third-order valence-corrected chi connectivity index (χ3v) is 6.29. The molecule has 162 valence electrons. The van der Waals surface area contributed by atoms with Crippen molar-refractivity contribution in [1.82, 2.24) is 4.90 Å². The first kappa shape index (κ1) is 24.6. The highest BCUT2D eigenvalue weighted by atomic mass is 28.2. The minimum atomic E-state index is -1.02. The maximum atomic E-state index is 12.9. The molecule has 1 aliphatic heterocycles. The number of hydrogen-bond donors (Lipinski definition) is 0. The van der Waals surface area contributed by atoms with E-state index in [0.717, 1.165) is 4.90 Å². The van der Waals surface area contributed by atoms with Crippen LogP contribution in [-0.2, 0) is 23.5 Å². The Bertz CT molecular complexity index is 590. The summed E-state index contributed by atoms with van der Waals surface area (Å²) in [5.41, 5.74) is -1.32. The third-order valence-electron chi connectivity index (χ3n) is 4.53. The maximum absolute atomic E-state index is 12.9. The molecule has 0 aromatic rings. The van der Waals surface area contributed by atoms with Gasteiger partial charge in [0.05, 0.1) is 12.2 Å². The van der Waals surface area contributed by atoms with Gasteiger partial charge in [-0.05, 0) is 53.0 Å². The molecule has 0 aromatic heterocycles. The zero-order chi connectivity index (χ0) is 21.9. The minimum absolute atomic E-state index is 0.104. The highest BCUT2D eigenvalue weighted by Crippen LogP contribution is 2.36. The van der Waals surface area contributed by atoms with Crippen molar-refractivity contribution in [3.05, 3.63) is 0 Å². The monoisotopic (exact) mass is 415 g/mol. The lowest BCUT2D eigenvalue weighted by Gasteiger charge is -2.43. The van der Waals surface area contributed by atoms with Crippen LogP contribution in [0.3, 0.4) is 0 Å². The number of nitrogens with zero attached hydrogens (tertiary/aromatic N) is 1. The number of likely N-dealkylation sites (tertiary alicyclic amines) is 1. The van der Waals surface area contributed by atoms with E-state index in [4.69, 9.17) is 13.9 Å². The molecule has 0 aromatic carbocycles. The van der Waals surface area contributed by atoms with Crippen molar-refractivity contribution < 1.29 is 28.3 Å². The molecule has 0 bridgehead atoms. The SMILES string of the molecule is CCOC(=O)C1CC(C(C)(C)O[SiH2]C(C)(C)C)CN(C(=O)OC(C)(C)C)C1=O. The fourth-order valence-corrected chi connectivity index (χ4v) is 3.94. The molecule has 0 N–H and O–H groups in total. The van der Waals surface area contributed by atoms with Gasteiger partial charge < -0.3 is 13.9 Å². The number of ether oxygens (including phenoxy) is 2. The Morgan fingerprint density at radius 1 is 1.11 bits per heavy atom. The molecular weight excluding hydrogens is 378 g/mol. The number of carbonyl (C=O) groups excluding carboxylic acids is 3. The molecule has 8 heteroatoms. The lowest BCUT2D eigenvalue weighted by molar-refractivity contribution is -0.160. The number of rotatable bonds is 5. The average Bonchev–Trinajstić information content (AvgIpc) is 2.51. The number of hydrogen-bond acceptors (Lipinski definition) is 6. The zero-order valence-corrected chi connectivity index (χ0v) is 20.3. The third kappa shape index (κ3) is 7.20. The molecule has 0 aliphatic carbocycles. The molecule has 2 amide bonds. The number of piperidine rings is 1. The number of esters is 1. The van der Waals surface area contributed by atoms with Gasteiger partial charge in [-0.1, -0.05) is 20.8 Å². The lowest BCUT2D eigenvalue weighted by atomic mass is 9.79. The van der Waals surface area contributed by atoms with E-state index in [1.807, 2.05) is 13.8 Å². The van der Waals surface area contributed by atoms with Crippen LogP contribution in [-0.4, -0.2) is 57.0 Å². The van der Waals surface area contributed by atoms with Gasteiger partial charge in [-0.15, -0.1) is 0 Å². The predicted octanol–water partition coefficient (Wildman–Crippen LogP) is 3.05. The maximum Gasteiger partial charge on any atom is 0.417 e. The van der Waals surface area contributed by atoms with E-state index in [1.54, 1.807) is 27.7 Å². The Hall–Kier alpha value is -1.41. The van der Waals surface area contributed by atoms with Crippen molar-refractivity contribution in [2.45, 2.75) is 85.0 Å². The summed E-state index contributed by atoms with van der Waals surface area (Å²) in [5, 5.41) is 0.104. The quantitative estimate of drug-likeness (QED) is 0.390. The van der Waals surface area contributed by atoms with Crippen molar-refractivity contribution in [1.29, 1.82) is 0 Å². The van der Waals surface area contributed by atoms with Gasteiger partial charge >= 0.3 is 12.1 Å². The second kappa shape index (κ2) is 8.94. The van der Waals surface area contributed by atoms with Crippen LogP contribution < -0.4 is 0 Å². The summed E-state index contributed by atoms with van der Waals surface area (Å²) in [4.78, 5) is 38.9. The number of imide groups is 1. The molecule has 1 fully saturated rings. The molecule has 1 rings (SSSR count). The van der Waals surface area contributed by atoms with Crippen LogP contribution in [0, 0.1) is 11.8 Å². The molecular formula is C20H37NO6Si. The Kier molecular flexibility index (Phi) is 7.87. The summed E-state index contributed by atoms with van der Waals surface area (Å²) >= 11 is 0.